The van der Waals surface area contributed by atoms with Gasteiger partial charge in [-0.15, -0.1) is 0 Å². The van der Waals surface area contributed by atoms with E-state index >= 15 is 0 Å². The van der Waals surface area contributed by atoms with Crippen LogP contribution in [0, 0.1) is 29.1 Å². The fourth-order valence-electron chi connectivity index (χ4n) is 3.30. The molecular weight excluding hydrogens is 447 g/mol. The van der Waals surface area contributed by atoms with Gasteiger partial charge in [0.25, 0.3) is 0 Å². The highest BCUT2D eigenvalue weighted by Gasteiger charge is 2.27. The van der Waals surface area contributed by atoms with E-state index in [0.29, 0.717) is 16.5 Å². The van der Waals surface area contributed by atoms with Crippen molar-refractivity contribution < 1.29 is 40.6 Å². The Balaban J connectivity index is 1.74. The molecule has 0 atom stereocenters. The molecule has 0 saturated carbocycles. The zero-order chi connectivity index (χ0) is 23.7. The summed E-state index contributed by atoms with van der Waals surface area (Å²) in [7, 11) is 0. The molecule has 1 aromatic heterocycles. The van der Waals surface area contributed by atoms with E-state index in [1.807, 2.05) is 0 Å². The van der Waals surface area contributed by atoms with Gasteiger partial charge in [0.15, 0.2) is 23.3 Å². The lowest BCUT2D eigenvalue weighted by Crippen LogP contribution is -2.10. The van der Waals surface area contributed by atoms with Crippen molar-refractivity contribution in [2.75, 3.05) is 6.61 Å². The van der Waals surface area contributed by atoms with Crippen LogP contribution >= 0.6 is 0 Å². The molecule has 3 aromatic carbocycles. The summed E-state index contributed by atoms with van der Waals surface area (Å²) >= 11 is 0. The lowest BCUT2D eigenvalue weighted by molar-refractivity contribution is 0.0528. The van der Waals surface area contributed by atoms with Gasteiger partial charge in [0, 0.05) is 10.9 Å². The molecule has 1 heterocycles. The summed E-state index contributed by atoms with van der Waals surface area (Å²) < 4.78 is 84.2. The average Bonchev–Trinajstić information content (AvgIpc) is 3.21. The summed E-state index contributed by atoms with van der Waals surface area (Å²) in [4.78, 5) is 12.7. The highest BCUT2D eigenvalue weighted by molar-refractivity contribution is 6.09. The lowest BCUT2D eigenvalue weighted by atomic mass is 10.1. The van der Waals surface area contributed by atoms with Crippen LogP contribution < -0.4 is 4.74 Å². The van der Waals surface area contributed by atoms with Gasteiger partial charge < -0.3 is 13.9 Å². The van der Waals surface area contributed by atoms with Gasteiger partial charge in [0.1, 0.15) is 29.3 Å². The topological polar surface area (TPSA) is 48.7 Å². The van der Waals surface area contributed by atoms with E-state index in [9.17, 15) is 26.7 Å². The number of benzene rings is 3. The van der Waals surface area contributed by atoms with E-state index in [4.69, 9.17) is 13.9 Å². The number of esters is 1. The molecule has 0 fully saturated rings. The second-order valence-corrected chi connectivity index (χ2v) is 6.89. The van der Waals surface area contributed by atoms with Crippen LogP contribution in [0.4, 0.5) is 22.0 Å². The number of carbonyl (C=O) groups excluding carboxylic acids is 1. The highest BCUT2D eigenvalue weighted by atomic mass is 19.2. The Kier molecular flexibility index (Phi) is 6.04. The second kappa shape index (κ2) is 8.93. The van der Waals surface area contributed by atoms with E-state index in [0.717, 1.165) is 0 Å². The zero-order valence-electron chi connectivity index (χ0n) is 17.1. The maximum Gasteiger partial charge on any atom is 0.342 e. The molecule has 4 rings (SSSR count). The van der Waals surface area contributed by atoms with Gasteiger partial charge in [-0.05, 0) is 25.1 Å². The van der Waals surface area contributed by atoms with E-state index in [2.05, 4.69) is 0 Å². The molecule has 0 aliphatic heterocycles. The van der Waals surface area contributed by atoms with Crippen LogP contribution in [-0.4, -0.2) is 12.6 Å². The molecule has 0 saturated heterocycles. The number of ether oxygens (including phenoxy) is 2. The molecule has 33 heavy (non-hydrogen) atoms. The third-order valence-corrected chi connectivity index (χ3v) is 4.86. The van der Waals surface area contributed by atoms with Gasteiger partial charge in [0.2, 0.25) is 5.82 Å². The molecule has 9 heteroatoms. The molecule has 0 unspecified atom stereocenters. The lowest BCUT2D eigenvalue weighted by Gasteiger charge is -2.10. The Morgan fingerprint density at radius 3 is 2.15 bits per heavy atom. The Bertz CT molecular complexity index is 1320. The molecule has 0 amide bonds. The minimum absolute atomic E-state index is 0.0115. The van der Waals surface area contributed by atoms with Gasteiger partial charge in [-0.3, -0.25) is 0 Å². The van der Waals surface area contributed by atoms with Crippen molar-refractivity contribution >= 4 is 16.9 Å². The molecule has 0 spiro atoms. The summed E-state index contributed by atoms with van der Waals surface area (Å²) in [6.45, 7) is 0.812. The first-order chi connectivity index (χ1) is 15.8. The van der Waals surface area contributed by atoms with Crippen LogP contribution in [0.15, 0.2) is 52.9 Å². The van der Waals surface area contributed by atoms with Crippen LogP contribution in [0.3, 0.4) is 0 Å². The largest absolute Gasteiger partial charge is 0.489 e. The summed E-state index contributed by atoms with van der Waals surface area (Å²) in [6.07, 6.45) is 0. The number of hydrogen-bond acceptors (Lipinski definition) is 4. The number of carbonyl (C=O) groups is 1. The van der Waals surface area contributed by atoms with Crippen molar-refractivity contribution in [2.45, 2.75) is 13.5 Å². The molecule has 0 aliphatic rings. The van der Waals surface area contributed by atoms with E-state index in [-0.39, 0.29) is 23.7 Å². The van der Waals surface area contributed by atoms with E-state index in [1.165, 1.54) is 18.2 Å². The predicted molar refractivity (Wildman–Crippen MR) is 108 cm³/mol. The fourth-order valence-corrected chi connectivity index (χ4v) is 3.30. The monoisotopic (exact) mass is 462 g/mol. The zero-order valence-corrected chi connectivity index (χ0v) is 17.1. The number of halogens is 5. The fraction of sp³-hybridized carbons (Fsp3) is 0.125. The van der Waals surface area contributed by atoms with Crippen molar-refractivity contribution in [2.24, 2.45) is 0 Å². The predicted octanol–water partition coefficient (Wildman–Crippen LogP) is 6.55. The van der Waals surface area contributed by atoms with E-state index < -0.39 is 47.2 Å². The van der Waals surface area contributed by atoms with Crippen LogP contribution in [0.25, 0.3) is 22.3 Å². The first-order valence-electron chi connectivity index (χ1n) is 9.75. The van der Waals surface area contributed by atoms with Gasteiger partial charge in [-0.2, -0.15) is 0 Å². The Labute approximate surface area is 184 Å². The molecule has 4 nitrogen and oxygen atoms in total. The van der Waals surface area contributed by atoms with Crippen molar-refractivity contribution in [3.63, 3.8) is 0 Å². The Hall–Kier alpha value is -3.88. The maximum absolute atomic E-state index is 13.9. The van der Waals surface area contributed by atoms with Gasteiger partial charge in [-0.25, -0.2) is 26.7 Å². The first kappa shape index (κ1) is 22.3. The molecule has 170 valence electrons. The summed E-state index contributed by atoms with van der Waals surface area (Å²) in [6, 6.07) is 13.0. The Morgan fingerprint density at radius 2 is 1.52 bits per heavy atom. The van der Waals surface area contributed by atoms with Crippen LogP contribution in [0.5, 0.6) is 5.75 Å². The van der Waals surface area contributed by atoms with Gasteiger partial charge >= 0.3 is 5.97 Å². The molecule has 0 radical (unpaired) electrons. The van der Waals surface area contributed by atoms with Gasteiger partial charge in [-0.1, -0.05) is 30.3 Å². The SMILES string of the molecule is CCOC(=O)c1c(-c2ccccc2)oc2ccc(OCc3c(F)c(F)c(F)c(F)c3F)cc12. The highest BCUT2D eigenvalue weighted by Crippen LogP contribution is 2.36. The average molecular weight is 462 g/mol. The molecule has 4 aromatic rings. The number of fused-ring (bicyclic) bond motifs is 1. The maximum atomic E-state index is 13.9. The van der Waals surface area contributed by atoms with Crippen molar-refractivity contribution in [3.8, 4) is 17.1 Å². The number of furan rings is 1. The molecule has 0 N–H and O–H groups in total. The quantitative estimate of drug-likeness (QED) is 0.141. The van der Waals surface area contributed by atoms with Gasteiger partial charge in [0.05, 0.1) is 12.2 Å². The van der Waals surface area contributed by atoms with E-state index in [1.54, 1.807) is 37.3 Å². The van der Waals surface area contributed by atoms with Crippen LogP contribution in [0.2, 0.25) is 0 Å². The number of hydrogen-bond donors (Lipinski definition) is 0. The third-order valence-electron chi connectivity index (χ3n) is 4.86. The van der Waals surface area contributed by atoms with Crippen molar-refractivity contribution in [3.05, 3.63) is 88.7 Å². The smallest absolute Gasteiger partial charge is 0.342 e. The van der Waals surface area contributed by atoms with Crippen LogP contribution in [-0.2, 0) is 11.3 Å². The minimum Gasteiger partial charge on any atom is -0.489 e. The molecule has 0 bridgehead atoms. The summed E-state index contributed by atoms with van der Waals surface area (Å²) in [5.41, 5.74) is -0.0878. The van der Waals surface area contributed by atoms with Crippen molar-refractivity contribution in [1.29, 1.82) is 0 Å². The molecular formula is C24H15F5O4. The van der Waals surface area contributed by atoms with Crippen LogP contribution in [0.1, 0.15) is 22.8 Å². The normalized spacial score (nSPS) is 11.1. The Morgan fingerprint density at radius 1 is 0.879 bits per heavy atom. The summed E-state index contributed by atoms with van der Waals surface area (Å²) in [5, 5.41) is 0.294. The summed E-state index contributed by atoms with van der Waals surface area (Å²) in [5.74, 6) is -10.7. The standard InChI is InChI=1S/C24H15F5O4/c1-2-31-24(30)17-14-10-13(8-9-16(14)33-23(17)12-6-4-3-5-7-12)32-11-15-18(25)20(27)22(29)21(28)19(15)26/h3-10H,2,11H2,1H3. The van der Waals surface area contributed by atoms with Crippen molar-refractivity contribution in [1.82, 2.24) is 0 Å². The first-order valence-corrected chi connectivity index (χ1v) is 9.75. The minimum atomic E-state index is -2.25. The number of rotatable bonds is 6. The molecule has 0 aliphatic carbocycles. The third kappa shape index (κ3) is 4.02. The second-order valence-electron chi connectivity index (χ2n) is 6.89.